The first-order chi connectivity index (χ1) is 3.72. The highest BCUT2D eigenvalue weighted by Crippen LogP contribution is 1.86. The van der Waals surface area contributed by atoms with Crippen molar-refractivity contribution in [3.63, 3.8) is 0 Å². The molecule has 50 valence electrons. The molecule has 1 atom stereocenters. The van der Waals surface area contributed by atoms with Gasteiger partial charge in [-0.1, -0.05) is 6.92 Å². The van der Waals surface area contributed by atoms with Crippen molar-refractivity contribution >= 4 is 0 Å². The van der Waals surface area contributed by atoms with Gasteiger partial charge in [-0.3, -0.25) is 4.90 Å². The Balaban J connectivity index is 3.29. The van der Waals surface area contributed by atoms with Gasteiger partial charge in [-0.2, -0.15) is 0 Å². The molecule has 0 saturated carbocycles. The van der Waals surface area contributed by atoms with E-state index in [9.17, 15) is 0 Å². The largest absolute Gasteiger partial charge is 0.305 e. The fourth-order valence-corrected chi connectivity index (χ4v) is 0.494. The number of nitrogens with one attached hydrogen (secondary N) is 1. The maximum atomic E-state index is 3.14. The van der Waals surface area contributed by atoms with Crippen LogP contribution in [0.1, 0.15) is 13.8 Å². The van der Waals surface area contributed by atoms with Gasteiger partial charge in [0.2, 0.25) is 0 Å². The minimum Gasteiger partial charge on any atom is -0.305 e. The maximum Gasteiger partial charge on any atom is 0.0562 e. The molecular weight excluding hydrogens is 100 g/mol. The molecule has 8 heavy (non-hydrogen) atoms. The third kappa shape index (κ3) is 2.28. The van der Waals surface area contributed by atoms with Gasteiger partial charge in [-0.05, 0) is 27.6 Å². The zero-order chi connectivity index (χ0) is 6.57. The molecule has 0 amide bonds. The Morgan fingerprint density at radius 2 is 2.12 bits per heavy atom. The maximum absolute atomic E-state index is 3.14. The Bertz CT molecular complexity index is 46.5. The van der Waals surface area contributed by atoms with Crippen LogP contribution < -0.4 is 5.32 Å². The summed E-state index contributed by atoms with van der Waals surface area (Å²) in [5.74, 6) is 0. The summed E-state index contributed by atoms with van der Waals surface area (Å²) in [6, 6.07) is 0. The molecular formula is C6H16N2. The van der Waals surface area contributed by atoms with Gasteiger partial charge in [-0.15, -0.1) is 0 Å². The Labute approximate surface area is 51.9 Å². The van der Waals surface area contributed by atoms with Crippen molar-refractivity contribution in [1.29, 1.82) is 0 Å². The monoisotopic (exact) mass is 116 g/mol. The molecule has 0 rings (SSSR count). The Morgan fingerprint density at radius 1 is 1.62 bits per heavy atom. The van der Waals surface area contributed by atoms with Crippen LogP contribution in [0, 0.1) is 0 Å². The minimum absolute atomic E-state index is 0.500. The van der Waals surface area contributed by atoms with Crippen molar-refractivity contribution < 1.29 is 0 Å². The molecule has 0 spiro atoms. The lowest BCUT2D eigenvalue weighted by Crippen LogP contribution is -2.38. The fraction of sp³-hybridized carbons (Fsp3) is 1.00. The van der Waals surface area contributed by atoms with E-state index >= 15 is 0 Å². The third-order valence-electron chi connectivity index (χ3n) is 1.58. The molecule has 0 aromatic heterocycles. The summed E-state index contributed by atoms with van der Waals surface area (Å²) < 4.78 is 0. The number of hydrogen-bond donors (Lipinski definition) is 1. The molecule has 0 aliphatic rings. The molecule has 0 aliphatic carbocycles. The normalized spacial score (nSPS) is 14.6. The molecule has 2 heteroatoms. The van der Waals surface area contributed by atoms with E-state index in [1.54, 1.807) is 0 Å². The van der Waals surface area contributed by atoms with Gasteiger partial charge in [0.1, 0.15) is 0 Å². The van der Waals surface area contributed by atoms with Crippen LogP contribution in [0.3, 0.4) is 0 Å². The summed E-state index contributed by atoms with van der Waals surface area (Å²) in [4.78, 5) is 2.24. The van der Waals surface area contributed by atoms with Gasteiger partial charge >= 0.3 is 0 Å². The van der Waals surface area contributed by atoms with Crippen LogP contribution in [0.5, 0.6) is 0 Å². The zero-order valence-electron chi connectivity index (χ0n) is 6.23. The molecule has 1 N–H and O–H groups in total. The van der Waals surface area contributed by atoms with Crippen LogP contribution in [-0.2, 0) is 0 Å². The zero-order valence-corrected chi connectivity index (χ0v) is 6.23. The summed E-state index contributed by atoms with van der Waals surface area (Å²) in [5, 5.41) is 3.14. The van der Waals surface area contributed by atoms with Crippen molar-refractivity contribution in [3.8, 4) is 0 Å². The lowest BCUT2D eigenvalue weighted by molar-refractivity contribution is 0.242. The second kappa shape index (κ2) is 3.87. The molecule has 0 saturated heterocycles. The van der Waals surface area contributed by atoms with Crippen molar-refractivity contribution in [2.24, 2.45) is 0 Å². The molecule has 0 radical (unpaired) electrons. The average Bonchev–Trinajstić information content (AvgIpc) is 1.84. The van der Waals surface area contributed by atoms with Gasteiger partial charge in [0.15, 0.2) is 0 Å². The van der Waals surface area contributed by atoms with Gasteiger partial charge in [-0.25, -0.2) is 0 Å². The van der Waals surface area contributed by atoms with E-state index in [-0.39, 0.29) is 0 Å². The van der Waals surface area contributed by atoms with E-state index in [0.29, 0.717) is 6.17 Å². The summed E-state index contributed by atoms with van der Waals surface area (Å²) in [7, 11) is 4.07. The van der Waals surface area contributed by atoms with Crippen LogP contribution in [-0.4, -0.2) is 31.7 Å². The fourth-order valence-electron chi connectivity index (χ4n) is 0.494. The van der Waals surface area contributed by atoms with Crippen LogP contribution in [0.4, 0.5) is 0 Å². The lowest BCUT2D eigenvalue weighted by Gasteiger charge is -2.21. The number of rotatable bonds is 3. The van der Waals surface area contributed by atoms with Crippen LogP contribution in [0.2, 0.25) is 0 Å². The molecule has 0 aromatic rings. The van der Waals surface area contributed by atoms with Gasteiger partial charge < -0.3 is 5.32 Å². The molecule has 0 fully saturated rings. The Hall–Kier alpha value is -0.0800. The molecule has 0 unspecified atom stereocenters. The van der Waals surface area contributed by atoms with E-state index in [4.69, 9.17) is 0 Å². The Kier molecular flexibility index (Phi) is 3.83. The van der Waals surface area contributed by atoms with Crippen LogP contribution in [0.15, 0.2) is 0 Å². The Morgan fingerprint density at radius 3 is 2.25 bits per heavy atom. The molecule has 0 heterocycles. The van der Waals surface area contributed by atoms with E-state index in [2.05, 4.69) is 31.1 Å². The molecule has 0 aromatic carbocycles. The van der Waals surface area contributed by atoms with Crippen molar-refractivity contribution in [3.05, 3.63) is 0 Å². The quantitative estimate of drug-likeness (QED) is 0.540. The highest BCUT2D eigenvalue weighted by molar-refractivity contribution is 4.53. The van der Waals surface area contributed by atoms with Crippen LogP contribution >= 0.6 is 0 Å². The highest BCUT2D eigenvalue weighted by Gasteiger charge is 2.00. The summed E-state index contributed by atoms with van der Waals surface area (Å²) in [6.45, 7) is 5.39. The first-order valence-electron chi connectivity index (χ1n) is 3.09. The van der Waals surface area contributed by atoms with Gasteiger partial charge in [0.25, 0.3) is 0 Å². The molecule has 0 bridgehead atoms. The second-order valence-corrected chi connectivity index (χ2v) is 2.04. The van der Waals surface area contributed by atoms with Crippen molar-refractivity contribution in [1.82, 2.24) is 10.2 Å². The predicted octanol–water partition coefficient (Wildman–Crippen LogP) is 0.504. The van der Waals surface area contributed by atoms with E-state index in [1.165, 1.54) is 0 Å². The minimum atomic E-state index is 0.500. The summed E-state index contributed by atoms with van der Waals surface area (Å²) in [6.07, 6.45) is 0.500. The standard InChI is InChI=1S/C6H16N2/c1-5-8(4)6(2)7-3/h6-7H,5H2,1-4H3/t6-/m0/s1. The lowest BCUT2D eigenvalue weighted by atomic mass is 10.5. The smallest absolute Gasteiger partial charge is 0.0562 e. The number of hydrogen-bond acceptors (Lipinski definition) is 2. The topological polar surface area (TPSA) is 15.3 Å². The molecule has 0 aliphatic heterocycles. The SMILES string of the molecule is CCN(C)[C@@H](C)NC. The van der Waals surface area contributed by atoms with Crippen molar-refractivity contribution in [2.45, 2.75) is 20.0 Å². The van der Waals surface area contributed by atoms with E-state index < -0.39 is 0 Å². The number of nitrogens with zero attached hydrogens (tertiary/aromatic N) is 1. The summed E-state index contributed by atoms with van der Waals surface area (Å²) >= 11 is 0. The summed E-state index contributed by atoms with van der Waals surface area (Å²) in [5.41, 5.74) is 0. The second-order valence-electron chi connectivity index (χ2n) is 2.04. The van der Waals surface area contributed by atoms with Gasteiger partial charge in [0, 0.05) is 0 Å². The first kappa shape index (κ1) is 7.92. The first-order valence-corrected chi connectivity index (χ1v) is 3.09. The van der Waals surface area contributed by atoms with Crippen LogP contribution in [0.25, 0.3) is 0 Å². The van der Waals surface area contributed by atoms with E-state index in [0.717, 1.165) is 6.54 Å². The molecule has 2 nitrogen and oxygen atoms in total. The third-order valence-corrected chi connectivity index (χ3v) is 1.58. The van der Waals surface area contributed by atoms with Crippen molar-refractivity contribution in [2.75, 3.05) is 20.6 Å². The van der Waals surface area contributed by atoms with E-state index in [1.807, 2.05) is 7.05 Å². The predicted molar refractivity (Wildman–Crippen MR) is 36.8 cm³/mol. The average molecular weight is 116 g/mol. The highest BCUT2D eigenvalue weighted by atomic mass is 15.2. The van der Waals surface area contributed by atoms with Gasteiger partial charge in [0.05, 0.1) is 6.17 Å².